The second-order valence-corrected chi connectivity index (χ2v) is 6.35. The van der Waals surface area contributed by atoms with Gasteiger partial charge in [-0.05, 0) is 45.2 Å². The van der Waals surface area contributed by atoms with E-state index in [-0.39, 0.29) is 0 Å². The zero-order chi connectivity index (χ0) is 12.4. The van der Waals surface area contributed by atoms with Crippen LogP contribution in [-0.2, 0) is 0 Å². The van der Waals surface area contributed by atoms with Gasteiger partial charge < -0.3 is 4.90 Å². The Morgan fingerprint density at radius 3 is 2.28 bits per heavy atom. The Labute approximate surface area is 111 Å². The molecular weight excluding hydrogens is 222 g/mol. The highest BCUT2D eigenvalue weighted by atomic mass is 15.3. The third kappa shape index (κ3) is 2.56. The van der Waals surface area contributed by atoms with Crippen LogP contribution >= 0.6 is 0 Å². The minimum atomic E-state index is 0.580. The van der Waals surface area contributed by atoms with Gasteiger partial charge in [0.15, 0.2) is 0 Å². The molecule has 0 aromatic heterocycles. The maximum atomic E-state index is 8.45. The molecule has 3 fully saturated rings. The average Bonchev–Trinajstić information content (AvgIpc) is 3.09. The van der Waals surface area contributed by atoms with Crippen molar-refractivity contribution in [1.82, 2.24) is 9.80 Å². The lowest BCUT2D eigenvalue weighted by atomic mass is 9.88. The van der Waals surface area contributed by atoms with Crippen LogP contribution in [0.4, 0.5) is 0 Å². The first-order valence-electron chi connectivity index (χ1n) is 7.92. The van der Waals surface area contributed by atoms with E-state index in [1.165, 1.54) is 64.5 Å². The first-order chi connectivity index (χ1) is 8.84. The van der Waals surface area contributed by atoms with Crippen LogP contribution in [0.2, 0.25) is 0 Å². The third-order valence-electron chi connectivity index (χ3n) is 5.15. The molecule has 3 nitrogen and oxygen atoms in total. The summed E-state index contributed by atoms with van der Waals surface area (Å²) >= 11 is 0. The fourth-order valence-electron chi connectivity index (χ4n) is 4.00. The Morgan fingerprint density at radius 1 is 0.833 bits per heavy atom. The van der Waals surface area contributed by atoms with Crippen LogP contribution in [0.1, 0.15) is 51.4 Å². The van der Waals surface area contributed by atoms with E-state index in [1.54, 1.807) is 0 Å². The van der Waals surface area contributed by atoms with Crippen molar-refractivity contribution in [1.29, 1.82) is 5.41 Å². The minimum Gasteiger partial charge on any atom is -0.359 e. The van der Waals surface area contributed by atoms with Gasteiger partial charge in [-0.2, -0.15) is 0 Å². The van der Waals surface area contributed by atoms with Crippen molar-refractivity contribution in [3.63, 3.8) is 0 Å². The molecule has 18 heavy (non-hydrogen) atoms. The van der Waals surface area contributed by atoms with Gasteiger partial charge in [-0.1, -0.05) is 19.3 Å². The summed E-state index contributed by atoms with van der Waals surface area (Å²) in [6, 6.07) is 0.747. The van der Waals surface area contributed by atoms with Crippen molar-refractivity contribution < 1.29 is 0 Å². The van der Waals surface area contributed by atoms with E-state index in [0.29, 0.717) is 5.92 Å². The Kier molecular flexibility index (Phi) is 3.88. The number of hydrogen-bond acceptors (Lipinski definition) is 2. The van der Waals surface area contributed by atoms with Crippen LogP contribution in [0.5, 0.6) is 0 Å². The Balaban J connectivity index is 1.52. The number of amidine groups is 1. The molecular formula is C15H27N3. The van der Waals surface area contributed by atoms with Gasteiger partial charge in [-0.3, -0.25) is 10.3 Å². The maximum absolute atomic E-state index is 8.45. The molecule has 3 heteroatoms. The van der Waals surface area contributed by atoms with E-state index < -0.39 is 0 Å². The third-order valence-corrected chi connectivity index (χ3v) is 5.15. The number of likely N-dealkylation sites (tertiary alicyclic amines) is 2. The summed E-state index contributed by atoms with van der Waals surface area (Å²) in [5.41, 5.74) is 0. The predicted molar refractivity (Wildman–Crippen MR) is 75.1 cm³/mol. The topological polar surface area (TPSA) is 30.3 Å². The van der Waals surface area contributed by atoms with E-state index in [0.717, 1.165) is 25.0 Å². The lowest BCUT2D eigenvalue weighted by Crippen LogP contribution is -2.39. The summed E-state index contributed by atoms with van der Waals surface area (Å²) < 4.78 is 0. The van der Waals surface area contributed by atoms with Crippen LogP contribution in [0.3, 0.4) is 0 Å². The minimum absolute atomic E-state index is 0.580. The molecule has 102 valence electrons. The van der Waals surface area contributed by atoms with Gasteiger partial charge >= 0.3 is 0 Å². The standard InChI is InChI=1S/C15H27N3/c16-15(13-6-2-1-3-7-13)18-11-8-14(12-18)17-9-4-5-10-17/h13-14,16H,1-12H2. The Morgan fingerprint density at radius 2 is 1.56 bits per heavy atom. The predicted octanol–water partition coefficient (Wildman–Crippen LogP) is 2.71. The molecule has 1 atom stereocenters. The summed E-state index contributed by atoms with van der Waals surface area (Å²) in [5, 5.41) is 8.45. The summed E-state index contributed by atoms with van der Waals surface area (Å²) in [5.74, 6) is 1.55. The molecule has 2 saturated heterocycles. The highest BCUT2D eigenvalue weighted by molar-refractivity contribution is 5.82. The number of nitrogens with zero attached hydrogens (tertiary/aromatic N) is 2. The molecule has 3 rings (SSSR count). The smallest absolute Gasteiger partial charge is 0.0990 e. The number of hydrogen-bond donors (Lipinski definition) is 1. The van der Waals surface area contributed by atoms with E-state index in [2.05, 4.69) is 9.80 Å². The zero-order valence-corrected chi connectivity index (χ0v) is 11.5. The normalized spacial score (nSPS) is 31.1. The Hall–Kier alpha value is -0.570. The van der Waals surface area contributed by atoms with Gasteiger partial charge in [-0.25, -0.2) is 0 Å². The van der Waals surface area contributed by atoms with Crippen molar-refractivity contribution in [2.45, 2.75) is 57.4 Å². The Bertz CT molecular complexity index is 290. The molecule has 0 aromatic carbocycles. The molecule has 2 aliphatic heterocycles. The first kappa shape index (κ1) is 12.5. The van der Waals surface area contributed by atoms with Crippen molar-refractivity contribution in [2.75, 3.05) is 26.2 Å². The summed E-state index contributed by atoms with van der Waals surface area (Å²) in [6.07, 6.45) is 10.7. The van der Waals surface area contributed by atoms with Gasteiger partial charge in [0, 0.05) is 25.0 Å². The highest BCUT2D eigenvalue weighted by Gasteiger charge is 2.32. The van der Waals surface area contributed by atoms with Gasteiger partial charge in [0.25, 0.3) is 0 Å². The van der Waals surface area contributed by atoms with Crippen LogP contribution in [0, 0.1) is 11.3 Å². The lowest BCUT2D eigenvalue weighted by Gasteiger charge is -2.30. The van der Waals surface area contributed by atoms with Crippen LogP contribution in [-0.4, -0.2) is 47.9 Å². The van der Waals surface area contributed by atoms with Crippen molar-refractivity contribution in [3.05, 3.63) is 0 Å². The quantitative estimate of drug-likeness (QED) is 0.602. The molecule has 1 aliphatic carbocycles. The fraction of sp³-hybridized carbons (Fsp3) is 0.933. The molecule has 0 spiro atoms. The molecule has 2 heterocycles. The molecule has 0 amide bonds. The SMILES string of the molecule is N=C(C1CCCCC1)N1CCC(N2CCCC2)C1. The van der Waals surface area contributed by atoms with Crippen molar-refractivity contribution in [2.24, 2.45) is 5.92 Å². The van der Waals surface area contributed by atoms with Crippen LogP contribution < -0.4 is 0 Å². The number of rotatable bonds is 2. The van der Waals surface area contributed by atoms with Gasteiger partial charge in [0.05, 0.1) is 5.84 Å². The van der Waals surface area contributed by atoms with Crippen LogP contribution in [0.25, 0.3) is 0 Å². The summed E-state index contributed by atoms with van der Waals surface area (Å²) in [4.78, 5) is 5.05. The van der Waals surface area contributed by atoms with Gasteiger partial charge in [0.2, 0.25) is 0 Å². The average molecular weight is 249 g/mol. The molecule has 0 radical (unpaired) electrons. The highest BCUT2D eigenvalue weighted by Crippen LogP contribution is 2.28. The van der Waals surface area contributed by atoms with Gasteiger partial charge in [0.1, 0.15) is 0 Å². The first-order valence-corrected chi connectivity index (χ1v) is 7.92. The van der Waals surface area contributed by atoms with E-state index in [9.17, 15) is 0 Å². The zero-order valence-electron chi connectivity index (χ0n) is 11.5. The second-order valence-electron chi connectivity index (χ2n) is 6.35. The van der Waals surface area contributed by atoms with Crippen LogP contribution in [0.15, 0.2) is 0 Å². The largest absolute Gasteiger partial charge is 0.359 e. The molecule has 0 aromatic rings. The van der Waals surface area contributed by atoms with E-state index in [4.69, 9.17) is 5.41 Å². The molecule has 1 saturated carbocycles. The fourth-order valence-corrected chi connectivity index (χ4v) is 4.00. The molecule has 1 N–H and O–H groups in total. The van der Waals surface area contributed by atoms with Crippen molar-refractivity contribution >= 4 is 5.84 Å². The van der Waals surface area contributed by atoms with E-state index in [1.807, 2.05) is 0 Å². The molecule has 0 bridgehead atoms. The summed E-state index contributed by atoms with van der Waals surface area (Å²) in [6.45, 7) is 4.87. The maximum Gasteiger partial charge on any atom is 0.0990 e. The van der Waals surface area contributed by atoms with Gasteiger partial charge in [-0.15, -0.1) is 0 Å². The summed E-state index contributed by atoms with van der Waals surface area (Å²) in [7, 11) is 0. The monoisotopic (exact) mass is 249 g/mol. The van der Waals surface area contributed by atoms with Crippen molar-refractivity contribution in [3.8, 4) is 0 Å². The number of nitrogens with one attached hydrogen (secondary N) is 1. The molecule has 1 unspecified atom stereocenters. The molecule has 3 aliphatic rings. The lowest BCUT2D eigenvalue weighted by molar-refractivity contribution is 0.247. The second kappa shape index (κ2) is 5.60. The van der Waals surface area contributed by atoms with E-state index >= 15 is 0 Å².